The smallest absolute Gasteiger partial charge is 0.225 e. The van der Waals surface area contributed by atoms with Crippen molar-refractivity contribution in [1.82, 2.24) is 20.0 Å². The largest absolute Gasteiger partial charge is 0.391 e. The van der Waals surface area contributed by atoms with Crippen LogP contribution in [0.2, 0.25) is 0 Å². The van der Waals surface area contributed by atoms with Gasteiger partial charge in [0.25, 0.3) is 0 Å². The van der Waals surface area contributed by atoms with Gasteiger partial charge in [0.15, 0.2) is 5.82 Å². The number of fused-ring (bicyclic) bond motifs is 1. The predicted molar refractivity (Wildman–Crippen MR) is 103 cm³/mol. The van der Waals surface area contributed by atoms with E-state index in [4.69, 9.17) is 0 Å². The van der Waals surface area contributed by atoms with E-state index < -0.39 is 6.10 Å². The molecule has 7 nitrogen and oxygen atoms in total. The normalized spacial score (nSPS) is 23.0. The highest BCUT2D eigenvalue weighted by molar-refractivity contribution is 5.90. The molecule has 4 rings (SSSR count). The van der Waals surface area contributed by atoms with Crippen molar-refractivity contribution in [2.75, 3.05) is 25.0 Å². The summed E-state index contributed by atoms with van der Waals surface area (Å²) in [5.41, 5.74) is 2.43. The van der Waals surface area contributed by atoms with Crippen LogP contribution in [-0.2, 0) is 24.4 Å². The molecule has 0 radical (unpaired) electrons. The molecular weight excluding hydrogens is 342 g/mol. The number of anilines is 1. The van der Waals surface area contributed by atoms with Crippen molar-refractivity contribution in [3.8, 4) is 0 Å². The first-order valence-electron chi connectivity index (χ1n) is 9.69. The molecule has 0 bridgehead atoms. The summed E-state index contributed by atoms with van der Waals surface area (Å²) in [5, 5.41) is 20.4. The fourth-order valence-electron chi connectivity index (χ4n) is 3.93. The number of β-amino-alcohol motifs (C(OH)–C–C–N with tert-alkyl or cyclic N) is 1. The quantitative estimate of drug-likeness (QED) is 0.738. The molecule has 2 atom stereocenters. The van der Waals surface area contributed by atoms with Crippen LogP contribution in [0.4, 0.5) is 5.82 Å². The SMILES string of the molecule is O=C(C[C@@H]1CNC[C@H]1O)Nc1cc2n(n1)CCCN(Cc1ccccc1)C2. The minimum absolute atomic E-state index is 0.0215. The number of carbonyl (C=O) groups is 1. The Morgan fingerprint density at radius 3 is 2.89 bits per heavy atom. The zero-order chi connectivity index (χ0) is 18.6. The topological polar surface area (TPSA) is 82.4 Å². The van der Waals surface area contributed by atoms with Crippen LogP contribution >= 0.6 is 0 Å². The Balaban J connectivity index is 1.37. The Morgan fingerprint density at radius 2 is 2.11 bits per heavy atom. The number of carbonyl (C=O) groups excluding carboxylic acids is 1. The molecule has 2 aliphatic rings. The molecule has 7 heteroatoms. The molecule has 27 heavy (non-hydrogen) atoms. The van der Waals surface area contributed by atoms with E-state index in [-0.39, 0.29) is 11.8 Å². The number of amides is 1. The Bertz CT molecular complexity index is 776. The van der Waals surface area contributed by atoms with Crippen LogP contribution in [0.1, 0.15) is 24.1 Å². The van der Waals surface area contributed by atoms with Gasteiger partial charge in [-0.2, -0.15) is 5.10 Å². The minimum Gasteiger partial charge on any atom is -0.391 e. The molecule has 3 N–H and O–H groups in total. The highest BCUT2D eigenvalue weighted by Gasteiger charge is 2.27. The Hall–Kier alpha value is -2.22. The molecule has 0 unspecified atom stereocenters. The van der Waals surface area contributed by atoms with Crippen molar-refractivity contribution in [2.45, 2.75) is 38.6 Å². The Kier molecular flexibility index (Phi) is 5.52. The van der Waals surface area contributed by atoms with E-state index in [0.717, 1.165) is 38.3 Å². The Labute approximate surface area is 159 Å². The molecule has 144 valence electrons. The van der Waals surface area contributed by atoms with Gasteiger partial charge in [0.1, 0.15) is 0 Å². The van der Waals surface area contributed by atoms with E-state index in [0.29, 0.717) is 25.3 Å². The number of aliphatic hydroxyl groups is 1. The van der Waals surface area contributed by atoms with Gasteiger partial charge < -0.3 is 15.7 Å². The van der Waals surface area contributed by atoms with Crippen molar-refractivity contribution in [3.63, 3.8) is 0 Å². The molecule has 0 spiro atoms. The van der Waals surface area contributed by atoms with E-state index >= 15 is 0 Å². The number of nitrogens with zero attached hydrogens (tertiary/aromatic N) is 3. The van der Waals surface area contributed by atoms with Crippen molar-refractivity contribution in [3.05, 3.63) is 47.7 Å². The van der Waals surface area contributed by atoms with Gasteiger partial charge in [-0.3, -0.25) is 14.4 Å². The molecule has 2 aliphatic heterocycles. The molecule has 3 heterocycles. The van der Waals surface area contributed by atoms with E-state index in [1.54, 1.807) is 0 Å². The molecule has 1 aromatic heterocycles. The second kappa shape index (κ2) is 8.21. The van der Waals surface area contributed by atoms with Gasteiger partial charge >= 0.3 is 0 Å². The molecule has 2 aromatic rings. The van der Waals surface area contributed by atoms with Crippen LogP contribution in [0, 0.1) is 5.92 Å². The van der Waals surface area contributed by atoms with Gasteiger partial charge in [0, 0.05) is 57.7 Å². The lowest BCUT2D eigenvalue weighted by Crippen LogP contribution is -2.24. The lowest BCUT2D eigenvalue weighted by Gasteiger charge is -2.19. The van der Waals surface area contributed by atoms with Crippen LogP contribution in [0.15, 0.2) is 36.4 Å². The number of aliphatic hydroxyl groups excluding tert-OH is 1. The van der Waals surface area contributed by atoms with Gasteiger partial charge in [-0.05, 0) is 12.0 Å². The van der Waals surface area contributed by atoms with Crippen molar-refractivity contribution in [1.29, 1.82) is 0 Å². The number of aromatic nitrogens is 2. The molecule has 1 saturated heterocycles. The zero-order valence-electron chi connectivity index (χ0n) is 15.5. The number of benzene rings is 1. The fraction of sp³-hybridized carbons (Fsp3) is 0.500. The van der Waals surface area contributed by atoms with Gasteiger partial charge in [-0.1, -0.05) is 30.3 Å². The second-order valence-corrected chi connectivity index (χ2v) is 7.53. The zero-order valence-corrected chi connectivity index (χ0v) is 15.5. The highest BCUT2D eigenvalue weighted by atomic mass is 16.3. The maximum atomic E-state index is 12.3. The second-order valence-electron chi connectivity index (χ2n) is 7.53. The fourth-order valence-corrected chi connectivity index (χ4v) is 3.93. The highest BCUT2D eigenvalue weighted by Crippen LogP contribution is 2.19. The predicted octanol–water partition coefficient (Wildman–Crippen LogP) is 1.20. The molecule has 1 fully saturated rings. The molecule has 0 aliphatic carbocycles. The number of nitrogens with one attached hydrogen (secondary N) is 2. The van der Waals surface area contributed by atoms with Crippen LogP contribution in [0.3, 0.4) is 0 Å². The third-order valence-corrected chi connectivity index (χ3v) is 5.36. The van der Waals surface area contributed by atoms with E-state index in [1.165, 1.54) is 5.56 Å². The third-order valence-electron chi connectivity index (χ3n) is 5.36. The van der Waals surface area contributed by atoms with Crippen LogP contribution < -0.4 is 10.6 Å². The van der Waals surface area contributed by atoms with E-state index in [1.807, 2.05) is 16.8 Å². The lowest BCUT2D eigenvalue weighted by atomic mass is 10.0. The summed E-state index contributed by atoms with van der Waals surface area (Å²) >= 11 is 0. The molecular formula is C20H27N5O2. The number of rotatable bonds is 5. The average Bonchev–Trinajstić information content (AvgIpc) is 3.16. The first kappa shape index (κ1) is 18.2. The lowest BCUT2D eigenvalue weighted by molar-refractivity contribution is -0.117. The summed E-state index contributed by atoms with van der Waals surface area (Å²) in [6.45, 7) is 4.88. The third kappa shape index (κ3) is 4.55. The molecule has 1 aromatic carbocycles. The van der Waals surface area contributed by atoms with Gasteiger partial charge in [-0.25, -0.2) is 0 Å². The first-order valence-corrected chi connectivity index (χ1v) is 9.69. The van der Waals surface area contributed by atoms with Crippen molar-refractivity contribution >= 4 is 11.7 Å². The summed E-state index contributed by atoms with van der Waals surface area (Å²) in [4.78, 5) is 14.7. The minimum atomic E-state index is -0.444. The number of hydrogen-bond donors (Lipinski definition) is 3. The monoisotopic (exact) mass is 369 g/mol. The molecule has 1 amide bonds. The van der Waals surface area contributed by atoms with Gasteiger partial charge in [-0.15, -0.1) is 0 Å². The van der Waals surface area contributed by atoms with Crippen LogP contribution in [-0.4, -0.2) is 51.4 Å². The average molecular weight is 369 g/mol. The summed E-state index contributed by atoms with van der Waals surface area (Å²) in [7, 11) is 0. The summed E-state index contributed by atoms with van der Waals surface area (Å²) in [6, 6.07) is 12.5. The van der Waals surface area contributed by atoms with E-state index in [9.17, 15) is 9.90 Å². The van der Waals surface area contributed by atoms with Crippen molar-refractivity contribution in [2.24, 2.45) is 5.92 Å². The van der Waals surface area contributed by atoms with Crippen LogP contribution in [0.25, 0.3) is 0 Å². The summed E-state index contributed by atoms with van der Waals surface area (Å²) in [5.74, 6) is 0.501. The maximum Gasteiger partial charge on any atom is 0.225 e. The van der Waals surface area contributed by atoms with Crippen molar-refractivity contribution < 1.29 is 9.90 Å². The molecule has 0 saturated carbocycles. The van der Waals surface area contributed by atoms with Gasteiger partial charge in [0.2, 0.25) is 5.91 Å². The summed E-state index contributed by atoms with van der Waals surface area (Å²) in [6.07, 6.45) is 0.909. The maximum absolute atomic E-state index is 12.3. The Morgan fingerprint density at radius 1 is 1.26 bits per heavy atom. The van der Waals surface area contributed by atoms with Gasteiger partial charge in [0.05, 0.1) is 11.8 Å². The number of aryl methyl sites for hydroxylation is 1. The summed E-state index contributed by atoms with van der Waals surface area (Å²) < 4.78 is 2.01. The first-order chi connectivity index (χ1) is 13.2. The van der Waals surface area contributed by atoms with E-state index in [2.05, 4.69) is 44.9 Å². The number of hydrogen-bond acceptors (Lipinski definition) is 5. The standard InChI is InChI=1S/C20H27N5O2/c26-18-12-21-11-16(18)9-20(27)22-19-10-17-14-24(7-4-8-25(17)23-19)13-15-5-2-1-3-6-15/h1-3,5-6,10,16,18,21,26H,4,7-9,11-14H2,(H,22,23,27)/t16-,18-/m1/s1. The van der Waals surface area contributed by atoms with Crippen LogP contribution in [0.5, 0.6) is 0 Å².